The topological polar surface area (TPSA) is 26.3 Å². The quantitative estimate of drug-likeness (QED) is 0.538. The fourth-order valence-corrected chi connectivity index (χ4v) is 1.96. The lowest BCUT2D eigenvalue weighted by atomic mass is 10.9. The smallest absolute Gasteiger partial charge is 0.279 e. The van der Waals surface area contributed by atoms with Gasteiger partial charge < -0.3 is 4.74 Å². The minimum atomic E-state index is -3.23. The van der Waals surface area contributed by atoms with E-state index < -0.39 is 5.85 Å². The van der Waals surface area contributed by atoms with Gasteiger partial charge in [0.05, 0.1) is 12.4 Å². The zero-order chi connectivity index (χ0) is 8.20. The molecule has 0 aromatic heterocycles. The molecule has 0 saturated heterocycles. The van der Waals surface area contributed by atoms with Crippen LogP contribution in [0.25, 0.3) is 0 Å². The van der Waals surface area contributed by atoms with Gasteiger partial charge in [-0.05, 0) is 41.0 Å². The van der Waals surface area contributed by atoms with Gasteiger partial charge in [0.2, 0.25) is 0 Å². The van der Waals surface area contributed by atoms with Crippen LogP contribution < -0.4 is 0 Å². The summed E-state index contributed by atoms with van der Waals surface area (Å²) in [5, 5.41) is -0.0316. The SMILES string of the molecule is CCO/C(Cl)=C/P(=O)(Cl)Cl. The number of hydrogen-bond donors (Lipinski definition) is 0. The van der Waals surface area contributed by atoms with E-state index in [1.807, 2.05) is 0 Å². The average molecular weight is 223 g/mol. The Morgan fingerprint density at radius 2 is 2.20 bits per heavy atom. The summed E-state index contributed by atoms with van der Waals surface area (Å²) in [6.07, 6.45) is 0. The molecule has 0 heterocycles. The summed E-state index contributed by atoms with van der Waals surface area (Å²) < 4.78 is 15.3. The molecule has 0 spiro atoms. The Hall–Kier alpha value is 0.640. The summed E-state index contributed by atoms with van der Waals surface area (Å²) in [5.41, 5.74) is 0. The van der Waals surface area contributed by atoms with Crippen LogP contribution in [0.3, 0.4) is 0 Å². The van der Waals surface area contributed by atoms with Crippen molar-refractivity contribution in [1.82, 2.24) is 0 Å². The molecule has 0 atom stereocenters. The molecule has 2 nitrogen and oxygen atoms in total. The molecule has 6 heteroatoms. The van der Waals surface area contributed by atoms with Gasteiger partial charge in [0, 0.05) is 0 Å². The molecule has 0 aromatic carbocycles. The summed E-state index contributed by atoms with van der Waals surface area (Å²) in [5.74, 6) is -2.24. The van der Waals surface area contributed by atoms with Crippen LogP contribution in [-0.2, 0) is 9.30 Å². The molecule has 0 aliphatic heterocycles. The number of hydrogen-bond acceptors (Lipinski definition) is 2. The van der Waals surface area contributed by atoms with Gasteiger partial charge in [0.25, 0.3) is 5.85 Å². The molecular weight excluding hydrogens is 217 g/mol. The minimum Gasteiger partial charge on any atom is -0.483 e. The van der Waals surface area contributed by atoms with Crippen LogP contribution in [0, 0.1) is 0 Å². The fourth-order valence-electron chi connectivity index (χ4n) is 0.293. The maximum absolute atomic E-state index is 10.6. The van der Waals surface area contributed by atoms with E-state index in [-0.39, 0.29) is 5.22 Å². The van der Waals surface area contributed by atoms with Crippen molar-refractivity contribution in [3.05, 3.63) is 11.0 Å². The lowest BCUT2D eigenvalue weighted by Crippen LogP contribution is -1.81. The van der Waals surface area contributed by atoms with Gasteiger partial charge >= 0.3 is 0 Å². The molecule has 0 fully saturated rings. The average Bonchev–Trinajstić information content (AvgIpc) is 1.59. The molecule has 0 aliphatic carbocycles. The summed E-state index contributed by atoms with van der Waals surface area (Å²) in [6.45, 7) is 2.13. The lowest BCUT2D eigenvalue weighted by molar-refractivity contribution is 0.256. The third-order valence-electron chi connectivity index (χ3n) is 0.534. The van der Waals surface area contributed by atoms with Crippen molar-refractivity contribution in [3.8, 4) is 0 Å². The second kappa shape index (κ2) is 4.50. The summed E-state index contributed by atoms with van der Waals surface area (Å²) in [7, 11) is 0. The Morgan fingerprint density at radius 3 is 2.50 bits per heavy atom. The van der Waals surface area contributed by atoms with E-state index in [1.54, 1.807) is 6.92 Å². The third kappa shape index (κ3) is 6.76. The van der Waals surface area contributed by atoms with Crippen LogP contribution in [0.2, 0.25) is 0 Å². The standard InChI is InChI=1S/C4H6Cl3O2P/c1-2-9-4(5)3-10(6,7)8/h3H,2H2,1H3/b4-3+. The van der Waals surface area contributed by atoms with Crippen LogP contribution in [0.1, 0.15) is 6.92 Å². The summed E-state index contributed by atoms with van der Waals surface area (Å²) in [4.78, 5) is 0. The Kier molecular flexibility index (Phi) is 4.79. The maximum Gasteiger partial charge on any atom is 0.279 e. The molecule has 60 valence electrons. The van der Waals surface area contributed by atoms with Crippen molar-refractivity contribution in [3.63, 3.8) is 0 Å². The van der Waals surface area contributed by atoms with Crippen LogP contribution in [0.15, 0.2) is 11.0 Å². The van der Waals surface area contributed by atoms with Crippen molar-refractivity contribution in [1.29, 1.82) is 0 Å². The van der Waals surface area contributed by atoms with Gasteiger partial charge in [0.15, 0.2) is 5.22 Å². The Labute approximate surface area is 74.0 Å². The molecule has 0 bridgehead atoms. The van der Waals surface area contributed by atoms with Gasteiger partial charge in [-0.15, -0.1) is 0 Å². The molecular formula is C4H6Cl3O2P. The molecule has 10 heavy (non-hydrogen) atoms. The first-order chi connectivity index (χ1) is 4.45. The second-order valence-corrected chi connectivity index (χ2v) is 6.54. The number of rotatable bonds is 3. The minimum absolute atomic E-state index is 0.0316. The van der Waals surface area contributed by atoms with E-state index in [9.17, 15) is 4.57 Å². The van der Waals surface area contributed by atoms with Gasteiger partial charge in [-0.1, -0.05) is 0 Å². The van der Waals surface area contributed by atoms with Crippen molar-refractivity contribution in [2.24, 2.45) is 0 Å². The van der Waals surface area contributed by atoms with Gasteiger partial charge in [-0.2, -0.15) is 0 Å². The molecule has 0 amide bonds. The molecule has 0 N–H and O–H groups in total. The molecule has 0 saturated carbocycles. The lowest BCUT2D eigenvalue weighted by Gasteiger charge is -1.99. The first-order valence-corrected chi connectivity index (χ1v) is 6.42. The van der Waals surface area contributed by atoms with Crippen molar-refractivity contribution in [2.75, 3.05) is 6.61 Å². The van der Waals surface area contributed by atoms with Crippen molar-refractivity contribution in [2.45, 2.75) is 6.92 Å². The highest BCUT2D eigenvalue weighted by Gasteiger charge is 2.10. The molecule has 0 aromatic rings. The third-order valence-corrected chi connectivity index (χ3v) is 2.03. The summed E-state index contributed by atoms with van der Waals surface area (Å²) >= 11 is 15.7. The Balaban J connectivity index is 4.04. The highest BCUT2D eigenvalue weighted by atomic mass is 35.9. The van der Waals surface area contributed by atoms with Gasteiger partial charge in [0.1, 0.15) is 0 Å². The zero-order valence-corrected chi connectivity index (χ0v) is 8.34. The van der Waals surface area contributed by atoms with Crippen LogP contribution >= 0.6 is 39.9 Å². The van der Waals surface area contributed by atoms with E-state index >= 15 is 0 Å². The number of ether oxygens (including phenoxy) is 1. The van der Waals surface area contributed by atoms with E-state index in [0.717, 1.165) is 5.82 Å². The first-order valence-electron chi connectivity index (χ1n) is 2.46. The van der Waals surface area contributed by atoms with Crippen molar-refractivity contribution >= 4 is 39.9 Å². The van der Waals surface area contributed by atoms with Gasteiger partial charge in [-0.25, -0.2) is 0 Å². The monoisotopic (exact) mass is 222 g/mol. The number of halogens is 3. The molecule has 0 aliphatic rings. The predicted molar refractivity (Wildman–Crippen MR) is 44.9 cm³/mol. The first kappa shape index (κ1) is 10.6. The molecule has 0 rings (SSSR count). The Morgan fingerprint density at radius 1 is 1.70 bits per heavy atom. The van der Waals surface area contributed by atoms with Crippen LogP contribution in [0.4, 0.5) is 0 Å². The highest BCUT2D eigenvalue weighted by Crippen LogP contribution is 2.59. The Bertz CT molecular complexity index is 173. The fraction of sp³-hybridized carbons (Fsp3) is 0.500. The largest absolute Gasteiger partial charge is 0.483 e. The van der Waals surface area contributed by atoms with Crippen LogP contribution in [-0.4, -0.2) is 6.61 Å². The molecule has 0 unspecified atom stereocenters. The maximum atomic E-state index is 10.6. The second-order valence-electron chi connectivity index (χ2n) is 1.37. The zero-order valence-electron chi connectivity index (χ0n) is 5.18. The van der Waals surface area contributed by atoms with E-state index in [1.165, 1.54) is 0 Å². The predicted octanol–water partition coefficient (Wildman–Crippen LogP) is 3.73. The highest BCUT2D eigenvalue weighted by molar-refractivity contribution is 8.10. The molecule has 0 radical (unpaired) electrons. The normalized spacial score (nSPS) is 13.4. The van der Waals surface area contributed by atoms with E-state index in [0.29, 0.717) is 6.61 Å². The van der Waals surface area contributed by atoms with Crippen LogP contribution in [0.5, 0.6) is 0 Å². The van der Waals surface area contributed by atoms with Crippen molar-refractivity contribution < 1.29 is 9.30 Å². The summed E-state index contributed by atoms with van der Waals surface area (Å²) in [6, 6.07) is 0. The van der Waals surface area contributed by atoms with E-state index in [2.05, 4.69) is 0 Å². The van der Waals surface area contributed by atoms with Gasteiger partial charge in [-0.3, -0.25) is 4.57 Å². The van der Waals surface area contributed by atoms with E-state index in [4.69, 9.17) is 38.8 Å².